The van der Waals surface area contributed by atoms with Crippen molar-refractivity contribution in [2.24, 2.45) is 0 Å². The van der Waals surface area contributed by atoms with E-state index in [4.69, 9.17) is 0 Å². The topological polar surface area (TPSA) is 72.0 Å². The number of amides is 1. The number of ketones is 1. The van der Waals surface area contributed by atoms with E-state index in [0.29, 0.717) is 16.4 Å². The molecule has 2 aromatic heterocycles. The number of benzene rings is 1. The average molecular weight is 337 g/mol. The molecule has 120 valence electrons. The van der Waals surface area contributed by atoms with Crippen LogP contribution in [0.1, 0.15) is 22.5 Å². The lowest BCUT2D eigenvalue weighted by molar-refractivity contribution is -0.116. The van der Waals surface area contributed by atoms with Gasteiger partial charge in [0, 0.05) is 18.4 Å². The maximum Gasteiger partial charge on any atom is 0.224 e. The van der Waals surface area contributed by atoms with Crippen molar-refractivity contribution < 1.29 is 9.59 Å². The zero-order valence-corrected chi connectivity index (χ0v) is 13.6. The van der Waals surface area contributed by atoms with Crippen LogP contribution in [0.3, 0.4) is 0 Å². The van der Waals surface area contributed by atoms with Gasteiger partial charge in [-0.25, -0.2) is 9.97 Å². The van der Waals surface area contributed by atoms with Gasteiger partial charge >= 0.3 is 0 Å². The van der Waals surface area contributed by atoms with E-state index in [2.05, 4.69) is 15.3 Å². The van der Waals surface area contributed by atoms with Crippen LogP contribution in [0.2, 0.25) is 0 Å². The van der Waals surface area contributed by atoms with Gasteiger partial charge in [0.1, 0.15) is 0 Å². The Hall–Kier alpha value is -2.86. The Morgan fingerprint density at radius 2 is 1.71 bits per heavy atom. The molecule has 1 N–H and O–H groups in total. The Morgan fingerprint density at radius 1 is 0.958 bits per heavy atom. The van der Waals surface area contributed by atoms with Crippen molar-refractivity contribution in [3.8, 4) is 11.4 Å². The number of anilines is 1. The number of hydrogen-bond acceptors (Lipinski definition) is 5. The third kappa shape index (κ3) is 4.11. The van der Waals surface area contributed by atoms with Gasteiger partial charge in [-0.15, -0.1) is 11.3 Å². The van der Waals surface area contributed by atoms with Crippen molar-refractivity contribution in [1.29, 1.82) is 0 Å². The molecular weight excluding hydrogens is 322 g/mol. The van der Waals surface area contributed by atoms with E-state index in [1.807, 2.05) is 41.8 Å². The van der Waals surface area contributed by atoms with Crippen LogP contribution in [-0.4, -0.2) is 21.7 Å². The molecule has 1 amide bonds. The summed E-state index contributed by atoms with van der Waals surface area (Å²) in [6, 6.07) is 13.2. The minimum absolute atomic E-state index is 0.0178. The first kappa shape index (κ1) is 16.0. The van der Waals surface area contributed by atoms with Crippen LogP contribution in [0.4, 0.5) is 5.69 Å². The van der Waals surface area contributed by atoms with E-state index in [9.17, 15) is 9.59 Å². The predicted molar refractivity (Wildman–Crippen MR) is 94.0 cm³/mol. The van der Waals surface area contributed by atoms with Crippen LogP contribution >= 0.6 is 11.3 Å². The van der Waals surface area contributed by atoms with Crippen molar-refractivity contribution >= 4 is 28.7 Å². The molecule has 0 spiro atoms. The molecule has 0 aliphatic rings. The third-order valence-electron chi connectivity index (χ3n) is 3.34. The Morgan fingerprint density at radius 3 is 2.38 bits per heavy atom. The summed E-state index contributed by atoms with van der Waals surface area (Å²) < 4.78 is 0. The molecule has 0 aliphatic heterocycles. The molecule has 24 heavy (non-hydrogen) atoms. The molecule has 5 nitrogen and oxygen atoms in total. The fraction of sp³-hybridized carbons (Fsp3) is 0.111. The second kappa shape index (κ2) is 7.61. The van der Waals surface area contributed by atoms with Gasteiger partial charge in [0.15, 0.2) is 11.6 Å². The number of nitrogens with one attached hydrogen (secondary N) is 1. The van der Waals surface area contributed by atoms with Gasteiger partial charge < -0.3 is 5.32 Å². The number of thiophene rings is 1. The van der Waals surface area contributed by atoms with Gasteiger partial charge in [-0.1, -0.05) is 36.4 Å². The molecular formula is C18H15N3O2S. The van der Waals surface area contributed by atoms with Crippen molar-refractivity contribution in [1.82, 2.24) is 9.97 Å². The van der Waals surface area contributed by atoms with E-state index >= 15 is 0 Å². The van der Waals surface area contributed by atoms with E-state index in [1.165, 1.54) is 11.3 Å². The number of rotatable bonds is 6. The summed E-state index contributed by atoms with van der Waals surface area (Å²) in [6.07, 6.45) is 3.45. The molecule has 0 fully saturated rings. The summed E-state index contributed by atoms with van der Waals surface area (Å²) in [5.41, 5.74) is 1.43. The van der Waals surface area contributed by atoms with Crippen LogP contribution in [0.5, 0.6) is 0 Å². The van der Waals surface area contributed by atoms with Crippen molar-refractivity contribution in [2.75, 3.05) is 5.32 Å². The number of aromatic nitrogens is 2. The molecule has 3 aromatic rings. The number of Topliss-reactive ketones (excluding diaryl/α,β-unsaturated/α-hetero) is 1. The van der Waals surface area contributed by atoms with Crippen LogP contribution in [0, 0.1) is 0 Å². The Kier molecular flexibility index (Phi) is 5.08. The maximum absolute atomic E-state index is 11.9. The van der Waals surface area contributed by atoms with Gasteiger partial charge in [0.05, 0.1) is 23.0 Å². The second-order valence-corrected chi connectivity index (χ2v) is 6.06. The highest BCUT2D eigenvalue weighted by Gasteiger charge is 2.10. The fourth-order valence-electron chi connectivity index (χ4n) is 2.14. The molecule has 0 unspecified atom stereocenters. The van der Waals surface area contributed by atoms with E-state index in [1.54, 1.807) is 18.5 Å². The zero-order chi connectivity index (χ0) is 16.8. The molecule has 0 aliphatic carbocycles. The van der Waals surface area contributed by atoms with Gasteiger partial charge in [0.25, 0.3) is 0 Å². The van der Waals surface area contributed by atoms with Crippen molar-refractivity contribution in [2.45, 2.75) is 12.8 Å². The zero-order valence-electron chi connectivity index (χ0n) is 12.8. The van der Waals surface area contributed by atoms with Crippen molar-refractivity contribution in [3.05, 3.63) is 65.1 Å². The highest BCUT2D eigenvalue weighted by molar-refractivity contribution is 7.12. The first-order valence-corrected chi connectivity index (χ1v) is 8.34. The Bertz CT molecular complexity index is 815. The monoisotopic (exact) mass is 337 g/mol. The number of carbonyl (C=O) groups is 2. The highest BCUT2D eigenvalue weighted by atomic mass is 32.1. The molecule has 6 heteroatoms. The smallest absolute Gasteiger partial charge is 0.224 e. The Labute approximate surface area is 143 Å². The lowest BCUT2D eigenvalue weighted by Crippen LogP contribution is -2.13. The SMILES string of the molecule is O=C(CCC(=O)c1cccs1)Nc1cnc(-c2ccccc2)nc1. The van der Waals surface area contributed by atoms with Crippen LogP contribution in [0.25, 0.3) is 11.4 Å². The largest absolute Gasteiger partial charge is 0.323 e. The summed E-state index contributed by atoms with van der Waals surface area (Å²) in [6.45, 7) is 0. The normalized spacial score (nSPS) is 10.3. The number of nitrogens with zero attached hydrogens (tertiary/aromatic N) is 2. The maximum atomic E-state index is 11.9. The standard InChI is InChI=1S/C18H15N3O2S/c22-15(16-7-4-10-24-16)8-9-17(23)21-14-11-19-18(20-12-14)13-5-2-1-3-6-13/h1-7,10-12H,8-9H2,(H,21,23). The second-order valence-electron chi connectivity index (χ2n) is 5.11. The van der Waals surface area contributed by atoms with E-state index < -0.39 is 0 Å². The summed E-state index contributed by atoms with van der Waals surface area (Å²) in [5, 5.41) is 4.55. The van der Waals surface area contributed by atoms with Crippen LogP contribution in [-0.2, 0) is 4.79 Å². The number of hydrogen-bond donors (Lipinski definition) is 1. The minimum atomic E-state index is -0.226. The molecule has 0 atom stereocenters. The number of carbonyl (C=O) groups excluding carboxylic acids is 2. The van der Waals surface area contributed by atoms with Gasteiger partial charge in [0.2, 0.25) is 5.91 Å². The summed E-state index contributed by atoms with van der Waals surface area (Å²) in [5.74, 6) is 0.355. The minimum Gasteiger partial charge on any atom is -0.323 e. The third-order valence-corrected chi connectivity index (χ3v) is 4.25. The van der Waals surface area contributed by atoms with E-state index in [0.717, 1.165) is 5.56 Å². The van der Waals surface area contributed by atoms with Gasteiger partial charge in [-0.2, -0.15) is 0 Å². The molecule has 3 rings (SSSR count). The summed E-state index contributed by atoms with van der Waals surface area (Å²) in [7, 11) is 0. The first-order chi connectivity index (χ1) is 11.7. The molecule has 0 bridgehead atoms. The lowest BCUT2D eigenvalue weighted by Gasteiger charge is -2.05. The van der Waals surface area contributed by atoms with Crippen LogP contribution in [0.15, 0.2) is 60.2 Å². The van der Waals surface area contributed by atoms with Crippen LogP contribution < -0.4 is 5.32 Å². The Balaban J connectivity index is 1.54. The predicted octanol–water partition coefficient (Wildman–Crippen LogP) is 3.81. The van der Waals surface area contributed by atoms with Gasteiger partial charge in [-0.05, 0) is 11.4 Å². The molecule has 1 aromatic carbocycles. The quantitative estimate of drug-likeness (QED) is 0.694. The molecule has 0 saturated carbocycles. The molecule has 2 heterocycles. The lowest BCUT2D eigenvalue weighted by atomic mass is 10.2. The van der Waals surface area contributed by atoms with Gasteiger partial charge in [-0.3, -0.25) is 9.59 Å². The average Bonchev–Trinajstić information content (AvgIpc) is 3.16. The molecule has 0 saturated heterocycles. The van der Waals surface area contributed by atoms with Crippen molar-refractivity contribution in [3.63, 3.8) is 0 Å². The molecule has 0 radical (unpaired) electrons. The summed E-state index contributed by atoms with van der Waals surface area (Å²) >= 11 is 1.38. The highest BCUT2D eigenvalue weighted by Crippen LogP contribution is 2.16. The first-order valence-electron chi connectivity index (χ1n) is 7.46. The summed E-state index contributed by atoms with van der Waals surface area (Å²) in [4.78, 5) is 33.0. The fourth-order valence-corrected chi connectivity index (χ4v) is 2.83. The van der Waals surface area contributed by atoms with E-state index in [-0.39, 0.29) is 24.5 Å².